The molecule has 4 rings (SSSR count). The van der Waals surface area contributed by atoms with Crippen molar-refractivity contribution in [3.63, 3.8) is 0 Å². The van der Waals surface area contributed by atoms with Crippen LogP contribution in [0.2, 0.25) is 0 Å². The SMILES string of the molecule is C=C1CCC(Br)C(C)(C)C1[C@@]12OC(C)(C)[C@H](Cl)C=C1C(=O)c1c(O)cc(O)cc1C2=O. The highest BCUT2D eigenvalue weighted by atomic mass is 79.9. The lowest BCUT2D eigenvalue weighted by Crippen LogP contribution is -2.66. The molecule has 2 N–H and O–H groups in total. The molecule has 3 aliphatic rings. The number of ketones is 2. The molecular formula is C24H26BrClO5. The molecule has 1 aromatic carbocycles. The Bertz CT molecular complexity index is 1060. The van der Waals surface area contributed by atoms with Crippen molar-refractivity contribution in [2.75, 3.05) is 0 Å². The fourth-order valence-electron chi connectivity index (χ4n) is 5.47. The molecule has 0 radical (unpaired) electrons. The van der Waals surface area contributed by atoms with Crippen LogP contribution in [0.1, 0.15) is 61.3 Å². The van der Waals surface area contributed by atoms with Crippen LogP contribution in [0.5, 0.6) is 11.5 Å². The van der Waals surface area contributed by atoms with E-state index >= 15 is 0 Å². The van der Waals surface area contributed by atoms with E-state index in [1.807, 2.05) is 13.8 Å². The summed E-state index contributed by atoms with van der Waals surface area (Å²) in [5, 5.41) is 19.8. The van der Waals surface area contributed by atoms with Gasteiger partial charge in [0.05, 0.1) is 16.5 Å². The third-order valence-electron chi connectivity index (χ3n) is 7.04. The molecule has 0 amide bonds. The van der Waals surface area contributed by atoms with Gasteiger partial charge >= 0.3 is 0 Å². The van der Waals surface area contributed by atoms with E-state index in [0.29, 0.717) is 6.42 Å². The summed E-state index contributed by atoms with van der Waals surface area (Å²) in [5.41, 5.74) is -2.33. The highest BCUT2D eigenvalue weighted by Gasteiger charge is 2.66. The van der Waals surface area contributed by atoms with E-state index in [-0.39, 0.29) is 27.3 Å². The zero-order valence-electron chi connectivity index (χ0n) is 18.0. The lowest BCUT2D eigenvalue weighted by Gasteiger charge is -2.57. The second kappa shape index (κ2) is 6.93. The summed E-state index contributed by atoms with van der Waals surface area (Å²) < 4.78 is 6.58. The van der Waals surface area contributed by atoms with Crippen molar-refractivity contribution < 1.29 is 24.5 Å². The number of benzene rings is 1. The molecule has 2 aliphatic carbocycles. The molecule has 0 spiro atoms. The van der Waals surface area contributed by atoms with Gasteiger partial charge in [0.25, 0.3) is 0 Å². The standard InChI is InChI=1S/C24H26BrClO5/c1-11-6-7-16(25)22(2,3)20(11)24-14(10-17(26)23(4,5)31-24)19(29)18-13(21(24)30)8-12(27)9-15(18)28/h8-10,16-17,20,27-28H,1,6-7H2,2-5H3/t16?,17-,20?,24+/m1/s1. The van der Waals surface area contributed by atoms with E-state index in [9.17, 15) is 19.8 Å². The molecule has 0 bridgehead atoms. The average molecular weight is 510 g/mol. The van der Waals surface area contributed by atoms with Gasteiger partial charge in [0.1, 0.15) is 11.5 Å². The average Bonchev–Trinajstić information content (AvgIpc) is 2.64. The third-order valence-corrected chi connectivity index (χ3v) is 9.33. The predicted molar refractivity (Wildman–Crippen MR) is 122 cm³/mol. The summed E-state index contributed by atoms with van der Waals surface area (Å²) in [6.45, 7) is 11.9. The van der Waals surface area contributed by atoms with Crippen LogP contribution in [0, 0.1) is 11.3 Å². The van der Waals surface area contributed by atoms with E-state index in [2.05, 4.69) is 22.5 Å². The lowest BCUT2D eigenvalue weighted by molar-refractivity contribution is -0.142. The van der Waals surface area contributed by atoms with Crippen molar-refractivity contribution in [2.24, 2.45) is 11.3 Å². The van der Waals surface area contributed by atoms with Crippen LogP contribution in [-0.4, -0.2) is 43.2 Å². The van der Waals surface area contributed by atoms with Gasteiger partial charge in [0.15, 0.2) is 11.4 Å². The number of halogens is 2. The van der Waals surface area contributed by atoms with Crippen LogP contribution in [0.25, 0.3) is 0 Å². The number of carbonyl (C=O) groups excluding carboxylic acids is 2. The zero-order chi connectivity index (χ0) is 23.1. The van der Waals surface area contributed by atoms with E-state index in [1.165, 1.54) is 6.07 Å². The van der Waals surface area contributed by atoms with Crippen molar-refractivity contribution in [3.8, 4) is 11.5 Å². The minimum absolute atomic E-state index is 0.0521. The minimum Gasteiger partial charge on any atom is -0.508 e. The summed E-state index contributed by atoms with van der Waals surface area (Å²) in [4.78, 5) is 28.0. The Morgan fingerprint density at radius 3 is 2.48 bits per heavy atom. The van der Waals surface area contributed by atoms with E-state index in [0.717, 1.165) is 18.1 Å². The first-order chi connectivity index (χ1) is 14.2. The lowest BCUT2D eigenvalue weighted by atomic mass is 9.54. The third kappa shape index (κ3) is 2.98. The molecule has 0 aromatic heterocycles. The number of ether oxygens (including phenoxy) is 1. The predicted octanol–water partition coefficient (Wildman–Crippen LogP) is 5.31. The molecule has 1 saturated carbocycles. The fourth-order valence-corrected chi connectivity index (χ4v) is 6.13. The van der Waals surface area contributed by atoms with E-state index in [4.69, 9.17) is 16.3 Å². The number of aromatic hydroxyl groups is 2. The van der Waals surface area contributed by atoms with Gasteiger partial charge in [-0.05, 0) is 38.2 Å². The van der Waals surface area contributed by atoms with Crippen molar-refractivity contribution in [1.29, 1.82) is 0 Å². The maximum atomic E-state index is 14.2. The number of hydrogen-bond acceptors (Lipinski definition) is 5. The number of phenolic OH excluding ortho intramolecular Hbond substituents is 2. The van der Waals surface area contributed by atoms with Gasteiger partial charge < -0.3 is 14.9 Å². The van der Waals surface area contributed by atoms with Gasteiger partial charge in [-0.3, -0.25) is 9.59 Å². The normalized spacial score (nSPS) is 34.1. The van der Waals surface area contributed by atoms with Gasteiger partial charge in [-0.25, -0.2) is 0 Å². The highest BCUT2D eigenvalue weighted by molar-refractivity contribution is 9.09. The number of rotatable bonds is 1. The van der Waals surface area contributed by atoms with Crippen molar-refractivity contribution in [2.45, 2.75) is 61.9 Å². The first-order valence-corrected chi connectivity index (χ1v) is 11.6. The number of hydrogen-bond donors (Lipinski definition) is 2. The summed E-state index contributed by atoms with van der Waals surface area (Å²) in [6.07, 6.45) is 3.12. The fraction of sp³-hybridized carbons (Fsp3) is 0.500. The molecule has 1 heterocycles. The van der Waals surface area contributed by atoms with Crippen LogP contribution in [0.15, 0.2) is 35.9 Å². The summed E-state index contributed by atoms with van der Waals surface area (Å²) in [5.74, 6) is -2.27. The Morgan fingerprint density at radius 2 is 1.84 bits per heavy atom. The second-order valence-electron chi connectivity index (χ2n) is 9.89. The summed E-state index contributed by atoms with van der Waals surface area (Å²) >= 11 is 10.3. The molecule has 1 aromatic rings. The number of alkyl halides is 2. The monoisotopic (exact) mass is 508 g/mol. The van der Waals surface area contributed by atoms with Gasteiger partial charge in [-0.1, -0.05) is 48.0 Å². The first-order valence-electron chi connectivity index (χ1n) is 10.3. The molecular weight excluding hydrogens is 484 g/mol. The zero-order valence-corrected chi connectivity index (χ0v) is 20.3. The number of phenols is 2. The molecule has 166 valence electrons. The van der Waals surface area contributed by atoms with Crippen LogP contribution < -0.4 is 0 Å². The molecule has 31 heavy (non-hydrogen) atoms. The van der Waals surface area contributed by atoms with Crippen LogP contribution in [0.4, 0.5) is 0 Å². The molecule has 1 aliphatic heterocycles. The quantitative estimate of drug-likeness (QED) is 0.396. The Balaban J connectivity index is 2.09. The van der Waals surface area contributed by atoms with Gasteiger partial charge in [-0.2, -0.15) is 0 Å². The maximum Gasteiger partial charge on any atom is 0.201 e. The topological polar surface area (TPSA) is 83.8 Å². The molecule has 2 unspecified atom stereocenters. The smallest absolute Gasteiger partial charge is 0.201 e. The van der Waals surface area contributed by atoms with Gasteiger partial charge in [0, 0.05) is 27.9 Å². The Kier molecular flexibility index (Phi) is 5.04. The second-order valence-corrected chi connectivity index (χ2v) is 11.5. The van der Waals surface area contributed by atoms with Crippen LogP contribution in [0.3, 0.4) is 0 Å². The molecule has 1 fully saturated rings. The largest absolute Gasteiger partial charge is 0.508 e. The van der Waals surface area contributed by atoms with Gasteiger partial charge in [0.2, 0.25) is 5.78 Å². The number of carbonyl (C=O) groups is 2. The van der Waals surface area contributed by atoms with Crippen LogP contribution >= 0.6 is 27.5 Å². The summed E-state index contributed by atoms with van der Waals surface area (Å²) in [6, 6.07) is 2.28. The van der Waals surface area contributed by atoms with Crippen molar-refractivity contribution in [1.82, 2.24) is 0 Å². The maximum absolute atomic E-state index is 14.2. The molecule has 5 nitrogen and oxygen atoms in total. The van der Waals surface area contributed by atoms with Crippen molar-refractivity contribution >= 4 is 39.1 Å². The van der Waals surface area contributed by atoms with E-state index < -0.39 is 45.2 Å². The van der Waals surface area contributed by atoms with Crippen molar-refractivity contribution in [3.05, 3.63) is 47.1 Å². The Morgan fingerprint density at radius 1 is 1.19 bits per heavy atom. The molecule has 0 saturated heterocycles. The Labute approximate surface area is 195 Å². The first kappa shape index (κ1) is 22.6. The van der Waals surface area contributed by atoms with Crippen LogP contribution in [-0.2, 0) is 4.74 Å². The number of fused-ring (bicyclic) bond motifs is 2. The van der Waals surface area contributed by atoms with Gasteiger partial charge in [-0.15, -0.1) is 11.6 Å². The minimum atomic E-state index is -1.66. The number of Topliss-reactive ketones (excluding diaryl/α,β-unsaturated/α-hetero) is 2. The molecule has 7 heteroatoms. The highest BCUT2D eigenvalue weighted by Crippen LogP contribution is 2.59. The molecule has 4 atom stereocenters. The Hall–Kier alpha value is -1.63. The summed E-state index contributed by atoms with van der Waals surface area (Å²) in [7, 11) is 0. The van der Waals surface area contributed by atoms with E-state index in [1.54, 1.807) is 19.9 Å².